The molecule has 3 rings (SSSR count). The summed E-state index contributed by atoms with van der Waals surface area (Å²) in [5, 5.41) is 4.68. The first-order chi connectivity index (χ1) is 13.6. The first-order valence-corrected chi connectivity index (χ1v) is 9.58. The van der Waals surface area contributed by atoms with E-state index in [4.69, 9.17) is 14.2 Å². The number of aryl methyl sites for hydroxylation is 1. The standard InChI is InChI=1S/C20H22N2O5S/c1-22-14-8-11-28-17(14)12-15(22)20(24)27-18(19(23)21-9-10-25-2)13-6-4-5-7-16(13)26-3/h4-8,11-12,18H,9-10H2,1-3H3,(H,21,23). The molecule has 2 heterocycles. The molecule has 0 spiro atoms. The molecular weight excluding hydrogens is 380 g/mol. The molecule has 3 aromatic rings. The number of ether oxygens (including phenoxy) is 3. The number of esters is 1. The third kappa shape index (κ3) is 4.02. The van der Waals surface area contributed by atoms with E-state index in [-0.39, 0.29) is 0 Å². The van der Waals surface area contributed by atoms with Gasteiger partial charge in [-0.05, 0) is 23.6 Å². The lowest BCUT2D eigenvalue weighted by molar-refractivity contribution is -0.130. The molecule has 0 saturated heterocycles. The number of hydrogen-bond acceptors (Lipinski definition) is 6. The number of para-hydroxylation sites is 1. The predicted molar refractivity (Wildman–Crippen MR) is 107 cm³/mol. The van der Waals surface area contributed by atoms with Gasteiger partial charge in [-0.15, -0.1) is 11.3 Å². The van der Waals surface area contributed by atoms with E-state index in [0.717, 1.165) is 10.2 Å². The lowest BCUT2D eigenvalue weighted by atomic mass is 10.1. The molecular formula is C20H22N2O5S. The Bertz CT molecular complexity index is 978. The van der Waals surface area contributed by atoms with Crippen LogP contribution in [0.25, 0.3) is 10.2 Å². The fourth-order valence-electron chi connectivity index (χ4n) is 2.92. The average Bonchev–Trinajstić information content (AvgIpc) is 3.29. The molecule has 0 saturated carbocycles. The van der Waals surface area contributed by atoms with Crippen molar-refractivity contribution in [3.63, 3.8) is 0 Å². The fraction of sp³-hybridized carbons (Fsp3) is 0.300. The summed E-state index contributed by atoms with van der Waals surface area (Å²) in [7, 11) is 4.85. The van der Waals surface area contributed by atoms with Crippen LogP contribution in [0.1, 0.15) is 22.2 Å². The third-order valence-corrected chi connectivity index (χ3v) is 5.22. The van der Waals surface area contributed by atoms with Crippen LogP contribution < -0.4 is 10.1 Å². The summed E-state index contributed by atoms with van der Waals surface area (Å²) in [5.41, 5.74) is 1.80. The van der Waals surface area contributed by atoms with Crippen LogP contribution in [0, 0.1) is 0 Å². The minimum Gasteiger partial charge on any atom is -0.496 e. The third-order valence-electron chi connectivity index (χ3n) is 4.36. The molecule has 1 aromatic carbocycles. The number of amides is 1. The summed E-state index contributed by atoms with van der Waals surface area (Å²) in [4.78, 5) is 25.6. The second-order valence-electron chi connectivity index (χ2n) is 6.07. The van der Waals surface area contributed by atoms with Crippen LogP contribution >= 0.6 is 11.3 Å². The Kier molecular flexibility index (Phi) is 6.33. The van der Waals surface area contributed by atoms with Crippen LogP contribution in [-0.2, 0) is 21.3 Å². The lowest BCUT2D eigenvalue weighted by Crippen LogP contribution is -2.34. The smallest absolute Gasteiger partial charge is 0.356 e. The molecule has 0 aliphatic rings. The zero-order chi connectivity index (χ0) is 20.1. The Hall–Kier alpha value is -2.84. The molecule has 7 nitrogen and oxygen atoms in total. The van der Waals surface area contributed by atoms with Crippen molar-refractivity contribution >= 4 is 33.4 Å². The Morgan fingerprint density at radius 1 is 1.21 bits per heavy atom. The normalized spacial score (nSPS) is 12.0. The second kappa shape index (κ2) is 8.90. The summed E-state index contributed by atoms with van der Waals surface area (Å²) in [5.74, 6) is -0.551. The van der Waals surface area contributed by atoms with Crippen molar-refractivity contribution in [1.29, 1.82) is 0 Å². The molecule has 1 unspecified atom stereocenters. The highest BCUT2D eigenvalue weighted by atomic mass is 32.1. The van der Waals surface area contributed by atoms with Gasteiger partial charge in [-0.1, -0.05) is 18.2 Å². The number of nitrogens with one attached hydrogen (secondary N) is 1. The van der Waals surface area contributed by atoms with Crippen LogP contribution in [0.3, 0.4) is 0 Å². The van der Waals surface area contributed by atoms with Gasteiger partial charge in [0.05, 0.1) is 23.9 Å². The Balaban J connectivity index is 1.89. The van der Waals surface area contributed by atoms with Gasteiger partial charge in [-0.2, -0.15) is 0 Å². The van der Waals surface area contributed by atoms with Crippen molar-refractivity contribution < 1.29 is 23.8 Å². The van der Waals surface area contributed by atoms with Crippen LogP contribution in [0.15, 0.2) is 41.8 Å². The Morgan fingerprint density at radius 2 is 2.00 bits per heavy atom. The molecule has 148 valence electrons. The number of methoxy groups -OCH3 is 2. The molecule has 28 heavy (non-hydrogen) atoms. The van der Waals surface area contributed by atoms with Crippen molar-refractivity contribution in [3.8, 4) is 5.75 Å². The topological polar surface area (TPSA) is 78.8 Å². The zero-order valence-electron chi connectivity index (χ0n) is 15.9. The van der Waals surface area contributed by atoms with Crippen molar-refractivity contribution in [2.45, 2.75) is 6.10 Å². The molecule has 0 aliphatic carbocycles. The minimum atomic E-state index is -1.14. The number of rotatable bonds is 8. The van der Waals surface area contributed by atoms with E-state index in [1.807, 2.05) is 11.4 Å². The van der Waals surface area contributed by atoms with Crippen LogP contribution in [0.4, 0.5) is 0 Å². The highest BCUT2D eigenvalue weighted by Crippen LogP contribution is 2.30. The van der Waals surface area contributed by atoms with E-state index in [2.05, 4.69) is 5.32 Å². The number of carbonyl (C=O) groups excluding carboxylic acids is 2. The molecule has 0 aliphatic heterocycles. The Morgan fingerprint density at radius 3 is 2.71 bits per heavy atom. The summed E-state index contributed by atoms with van der Waals surface area (Å²) in [6.45, 7) is 0.658. The highest BCUT2D eigenvalue weighted by Gasteiger charge is 2.29. The van der Waals surface area contributed by atoms with Crippen molar-refractivity contribution in [2.75, 3.05) is 27.4 Å². The van der Waals surface area contributed by atoms with Crippen molar-refractivity contribution in [3.05, 3.63) is 53.0 Å². The summed E-state index contributed by atoms with van der Waals surface area (Å²) >= 11 is 1.54. The largest absolute Gasteiger partial charge is 0.496 e. The number of carbonyl (C=O) groups is 2. The van der Waals surface area contributed by atoms with Gasteiger partial charge >= 0.3 is 5.97 Å². The maximum atomic E-state index is 12.9. The summed E-state index contributed by atoms with van der Waals surface area (Å²) in [6.07, 6.45) is -1.14. The first-order valence-electron chi connectivity index (χ1n) is 8.70. The maximum Gasteiger partial charge on any atom is 0.356 e. The number of fused-ring (bicyclic) bond motifs is 1. The van der Waals surface area contributed by atoms with E-state index in [0.29, 0.717) is 30.2 Å². The monoisotopic (exact) mass is 402 g/mol. The average molecular weight is 402 g/mol. The maximum absolute atomic E-state index is 12.9. The highest BCUT2D eigenvalue weighted by molar-refractivity contribution is 7.17. The molecule has 1 atom stereocenters. The van der Waals surface area contributed by atoms with Gasteiger partial charge < -0.3 is 24.1 Å². The number of aromatic nitrogens is 1. The van der Waals surface area contributed by atoms with Crippen LogP contribution in [0.5, 0.6) is 5.75 Å². The van der Waals surface area contributed by atoms with E-state index in [1.54, 1.807) is 49.1 Å². The number of hydrogen-bond donors (Lipinski definition) is 1. The minimum absolute atomic E-state index is 0.304. The molecule has 8 heteroatoms. The van der Waals surface area contributed by atoms with Gasteiger partial charge in [0.1, 0.15) is 11.4 Å². The summed E-state index contributed by atoms with van der Waals surface area (Å²) in [6, 6.07) is 10.7. The zero-order valence-corrected chi connectivity index (χ0v) is 16.7. The SMILES string of the molecule is COCCNC(=O)C(OC(=O)c1cc2sccc2n1C)c1ccccc1OC. The van der Waals surface area contributed by atoms with Gasteiger partial charge in [0.25, 0.3) is 5.91 Å². The second-order valence-corrected chi connectivity index (χ2v) is 7.02. The fourth-order valence-corrected chi connectivity index (χ4v) is 3.77. The molecule has 0 fully saturated rings. The molecule has 1 amide bonds. The number of benzene rings is 1. The van der Waals surface area contributed by atoms with E-state index in [1.165, 1.54) is 18.4 Å². The van der Waals surface area contributed by atoms with Gasteiger partial charge in [0.2, 0.25) is 6.10 Å². The predicted octanol–water partition coefficient (Wildman–Crippen LogP) is 2.91. The van der Waals surface area contributed by atoms with Gasteiger partial charge in [-0.25, -0.2) is 4.79 Å². The molecule has 1 N–H and O–H groups in total. The first kappa shape index (κ1) is 19.9. The van der Waals surface area contributed by atoms with Gasteiger partial charge in [0.15, 0.2) is 0 Å². The van der Waals surface area contributed by atoms with Crippen molar-refractivity contribution in [1.82, 2.24) is 9.88 Å². The van der Waals surface area contributed by atoms with E-state index >= 15 is 0 Å². The number of nitrogens with zero attached hydrogens (tertiary/aromatic N) is 1. The van der Waals surface area contributed by atoms with Gasteiger partial charge in [-0.3, -0.25) is 4.79 Å². The Labute approximate surface area is 166 Å². The molecule has 0 radical (unpaired) electrons. The van der Waals surface area contributed by atoms with Crippen LogP contribution in [-0.4, -0.2) is 43.8 Å². The molecule has 0 bridgehead atoms. The van der Waals surface area contributed by atoms with Crippen molar-refractivity contribution in [2.24, 2.45) is 7.05 Å². The quantitative estimate of drug-likeness (QED) is 0.463. The van der Waals surface area contributed by atoms with E-state index in [9.17, 15) is 9.59 Å². The number of thiophene rings is 1. The van der Waals surface area contributed by atoms with Gasteiger partial charge in [0, 0.05) is 26.3 Å². The summed E-state index contributed by atoms with van der Waals surface area (Å²) < 4.78 is 18.7. The molecule has 2 aromatic heterocycles. The van der Waals surface area contributed by atoms with Crippen LogP contribution in [0.2, 0.25) is 0 Å². The van der Waals surface area contributed by atoms with E-state index < -0.39 is 18.0 Å². The lowest BCUT2D eigenvalue weighted by Gasteiger charge is -2.20.